The van der Waals surface area contributed by atoms with Crippen molar-refractivity contribution in [3.8, 4) is 11.3 Å². The van der Waals surface area contributed by atoms with Gasteiger partial charge >= 0.3 is 16.2 Å². The third-order valence-electron chi connectivity index (χ3n) is 9.16. The lowest BCUT2D eigenvalue weighted by atomic mass is 10.1. The molecule has 2 aromatic heterocycles. The van der Waals surface area contributed by atoms with E-state index in [1.54, 1.807) is 18.3 Å². The van der Waals surface area contributed by atoms with Gasteiger partial charge in [-0.2, -0.15) is 21.6 Å². The van der Waals surface area contributed by atoms with Gasteiger partial charge in [0.15, 0.2) is 6.04 Å². The van der Waals surface area contributed by atoms with Crippen molar-refractivity contribution in [1.29, 1.82) is 0 Å². The van der Waals surface area contributed by atoms with Gasteiger partial charge in [0.1, 0.15) is 23.1 Å². The van der Waals surface area contributed by atoms with Crippen molar-refractivity contribution in [1.82, 2.24) is 14.9 Å². The summed E-state index contributed by atoms with van der Waals surface area (Å²) in [7, 11) is -4.28. The molecule has 6 rings (SSSR count). The second-order valence-corrected chi connectivity index (χ2v) is 14.4. The predicted molar refractivity (Wildman–Crippen MR) is 171 cm³/mol. The lowest BCUT2D eigenvalue weighted by Gasteiger charge is -2.38. The van der Waals surface area contributed by atoms with Gasteiger partial charge in [0, 0.05) is 69.1 Å². The van der Waals surface area contributed by atoms with E-state index >= 15 is 0 Å². The number of amides is 1. The van der Waals surface area contributed by atoms with Gasteiger partial charge in [-0.1, -0.05) is 18.2 Å². The van der Waals surface area contributed by atoms with Gasteiger partial charge in [0.05, 0.1) is 17.8 Å². The molecule has 4 heterocycles. The highest BCUT2D eigenvalue weighted by Crippen LogP contribution is 2.39. The Bertz CT molecular complexity index is 1870. The molecule has 2 N–H and O–H groups in total. The number of aromatic nitrogens is 2. The molecule has 2 atom stereocenters. The second-order valence-electron chi connectivity index (χ2n) is 12.2. The van der Waals surface area contributed by atoms with Crippen LogP contribution in [0, 0.1) is 5.82 Å². The number of sulfonamides is 1. The van der Waals surface area contributed by atoms with Crippen LogP contribution in [0.2, 0.25) is 0 Å². The van der Waals surface area contributed by atoms with Gasteiger partial charge in [-0.05, 0) is 60.2 Å². The van der Waals surface area contributed by atoms with E-state index in [4.69, 9.17) is 10.7 Å². The number of likely N-dealkylation sites (tertiary alicyclic amines) is 1. The SMILES string of the molecule is NC(=O)[C@@H]1CCC[N+]1(Cc1cc(-c2ccc(C(F)(F)F)cc2)nc(N2CCN(Cc3cccnc3)CC2)c1)S(=O)(=O)c1ccc(F)cc1. The largest absolute Gasteiger partial charge is 0.416 e. The van der Waals surface area contributed by atoms with Crippen molar-refractivity contribution >= 4 is 21.7 Å². The second kappa shape index (κ2) is 13.2. The fraction of sp³-hybridized carbons (Fsp3) is 0.324. The van der Waals surface area contributed by atoms with Crippen LogP contribution >= 0.6 is 0 Å². The number of nitrogens with two attached hydrogens (primary N) is 1. The van der Waals surface area contributed by atoms with Crippen molar-refractivity contribution in [2.45, 2.75) is 43.0 Å². The molecule has 0 radical (unpaired) electrons. The highest BCUT2D eigenvalue weighted by atomic mass is 32.2. The summed E-state index contributed by atoms with van der Waals surface area (Å²) in [6.45, 7) is 3.27. The van der Waals surface area contributed by atoms with Gasteiger partial charge in [0.2, 0.25) is 0 Å². The molecule has 0 aliphatic carbocycles. The van der Waals surface area contributed by atoms with E-state index < -0.39 is 43.4 Å². The fourth-order valence-electron chi connectivity index (χ4n) is 6.69. The minimum atomic E-state index is -4.51. The number of quaternary nitrogens is 1. The van der Waals surface area contributed by atoms with Crippen LogP contribution in [0.15, 0.2) is 90.1 Å². The monoisotopic (exact) mass is 683 g/mol. The third-order valence-corrected chi connectivity index (χ3v) is 11.5. The molecule has 2 saturated heterocycles. The number of pyridine rings is 2. The molecule has 4 aromatic rings. The Hall–Kier alpha value is -4.40. The van der Waals surface area contributed by atoms with E-state index in [-0.39, 0.29) is 24.4 Å². The average Bonchev–Trinajstić information content (AvgIpc) is 3.51. The van der Waals surface area contributed by atoms with Gasteiger partial charge in [-0.25, -0.2) is 13.3 Å². The van der Waals surface area contributed by atoms with E-state index in [1.165, 1.54) is 24.3 Å². The fourth-order valence-corrected chi connectivity index (χ4v) is 8.82. The van der Waals surface area contributed by atoms with Crippen LogP contribution in [0.3, 0.4) is 0 Å². The zero-order valence-electron chi connectivity index (χ0n) is 26.0. The number of alkyl halides is 3. The summed E-state index contributed by atoms with van der Waals surface area (Å²) in [6, 6.07) is 15.4. The maximum Gasteiger partial charge on any atom is 0.416 e. The van der Waals surface area contributed by atoms with Crippen molar-refractivity contribution in [3.63, 3.8) is 0 Å². The average molecular weight is 684 g/mol. The Balaban J connectivity index is 1.38. The van der Waals surface area contributed by atoms with Crippen LogP contribution in [0.25, 0.3) is 11.3 Å². The molecular formula is C34H35F4N6O3S+. The van der Waals surface area contributed by atoms with Crippen molar-refractivity contribution in [3.05, 3.63) is 108 Å². The first-order chi connectivity index (χ1) is 22.9. The Morgan fingerprint density at radius 1 is 0.958 bits per heavy atom. The molecule has 0 spiro atoms. The van der Waals surface area contributed by atoms with E-state index in [1.807, 2.05) is 18.3 Å². The van der Waals surface area contributed by atoms with Crippen LogP contribution in [0.4, 0.5) is 23.4 Å². The van der Waals surface area contributed by atoms with E-state index in [2.05, 4.69) is 14.8 Å². The number of carbonyl (C=O) groups excluding carboxylic acids is 1. The third kappa shape index (κ3) is 6.78. The number of halogens is 4. The zero-order chi connectivity index (χ0) is 34.1. The van der Waals surface area contributed by atoms with E-state index in [9.17, 15) is 30.8 Å². The number of hydrogen-bond acceptors (Lipinski definition) is 7. The van der Waals surface area contributed by atoms with Crippen LogP contribution in [0.5, 0.6) is 0 Å². The summed E-state index contributed by atoms with van der Waals surface area (Å²) in [5.74, 6) is -0.829. The maximum absolute atomic E-state index is 14.3. The van der Waals surface area contributed by atoms with Crippen LogP contribution in [0.1, 0.15) is 29.5 Å². The standard InChI is InChI=1S/C34H34F4N6O3S/c35-28-9-11-29(12-10-28)48(46,47)44(18-2-4-31(44)33(39)45)23-25-19-30(26-5-7-27(8-6-26)34(36,37)38)41-32(20-25)43-16-14-42(15-17-43)22-24-3-1-13-40-21-24/h1,3,5-13,19-21,31H,2,4,14-18,22-23H2,(H-,39,45)/p+1/t31-,44?/m0/s1. The lowest BCUT2D eigenvalue weighted by molar-refractivity contribution is -0.823. The van der Waals surface area contributed by atoms with Gasteiger partial charge < -0.3 is 10.6 Å². The zero-order valence-corrected chi connectivity index (χ0v) is 26.8. The van der Waals surface area contributed by atoms with E-state index in [0.717, 1.165) is 36.4 Å². The van der Waals surface area contributed by atoms with Crippen molar-refractivity contribution in [2.75, 3.05) is 37.6 Å². The first-order valence-electron chi connectivity index (χ1n) is 15.6. The minimum Gasteiger partial charge on any atom is -0.364 e. The molecule has 2 aromatic carbocycles. The number of benzene rings is 2. The van der Waals surface area contributed by atoms with Gasteiger partial charge in [-0.15, -0.1) is 0 Å². The number of carbonyl (C=O) groups is 1. The van der Waals surface area contributed by atoms with Crippen molar-refractivity contribution in [2.24, 2.45) is 5.73 Å². The normalized spacial score (nSPS) is 20.6. The first-order valence-corrected chi connectivity index (χ1v) is 17.0. The van der Waals surface area contributed by atoms with Crippen LogP contribution in [-0.4, -0.2) is 71.8 Å². The highest BCUT2D eigenvalue weighted by Gasteiger charge is 2.55. The molecule has 2 fully saturated rings. The number of primary amides is 1. The summed E-state index contributed by atoms with van der Waals surface area (Å²) in [5.41, 5.74) is 7.39. The molecule has 2 aliphatic rings. The van der Waals surface area contributed by atoms with Gasteiger partial charge in [-0.3, -0.25) is 14.7 Å². The molecular weight excluding hydrogens is 648 g/mol. The molecule has 252 valence electrons. The smallest absolute Gasteiger partial charge is 0.364 e. The lowest BCUT2D eigenvalue weighted by Crippen LogP contribution is -2.59. The molecule has 14 heteroatoms. The number of piperazine rings is 1. The molecule has 0 bridgehead atoms. The molecule has 9 nitrogen and oxygen atoms in total. The number of nitrogens with zero attached hydrogens (tertiary/aromatic N) is 5. The first kappa shape index (κ1) is 33.5. The highest BCUT2D eigenvalue weighted by molar-refractivity contribution is 7.86. The Morgan fingerprint density at radius 3 is 2.29 bits per heavy atom. The molecule has 48 heavy (non-hydrogen) atoms. The Morgan fingerprint density at radius 2 is 1.67 bits per heavy atom. The number of rotatable bonds is 9. The summed E-state index contributed by atoms with van der Waals surface area (Å²) < 4.78 is 81.9. The molecule has 2 aliphatic heterocycles. The number of anilines is 1. The molecule has 1 amide bonds. The van der Waals surface area contributed by atoms with E-state index in [0.29, 0.717) is 55.2 Å². The Kier molecular flexibility index (Phi) is 9.25. The minimum absolute atomic E-state index is 0.0909. The van der Waals surface area contributed by atoms with Crippen LogP contribution < -0.4 is 10.6 Å². The number of hydrogen-bond donors (Lipinski definition) is 1. The predicted octanol–water partition coefficient (Wildman–Crippen LogP) is 4.98. The maximum atomic E-state index is 14.3. The molecule has 1 unspecified atom stereocenters. The van der Waals surface area contributed by atoms with Crippen LogP contribution in [-0.2, 0) is 34.1 Å². The summed E-state index contributed by atoms with van der Waals surface area (Å²) in [4.78, 5) is 26.0. The van der Waals surface area contributed by atoms with Crippen molar-refractivity contribution < 1.29 is 34.7 Å². The van der Waals surface area contributed by atoms with Gasteiger partial charge in [0.25, 0.3) is 5.91 Å². The quantitative estimate of drug-likeness (QED) is 0.196. The topological polar surface area (TPSA) is 109 Å². The summed E-state index contributed by atoms with van der Waals surface area (Å²) >= 11 is 0. The molecule has 0 saturated carbocycles. The summed E-state index contributed by atoms with van der Waals surface area (Å²) in [6.07, 6.45) is -0.308. The summed E-state index contributed by atoms with van der Waals surface area (Å²) in [5, 5.41) is 0. The Labute approximate surface area is 276 Å².